The first-order chi connectivity index (χ1) is 7.66. The van der Waals surface area contributed by atoms with Crippen LogP contribution in [-0.2, 0) is 16.1 Å². The number of rotatable bonds is 4. The summed E-state index contributed by atoms with van der Waals surface area (Å²) in [4.78, 5) is 0. The van der Waals surface area contributed by atoms with Crippen molar-refractivity contribution in [3.63, 3.8) is 0 Å². The number of morpholine rings is 1. The quantitative estimate of drug-likeness (QED) is 0.828. The van der Waals surface area contributed by atoms with Crippen LogP contribution < -0.4 is 5.32 Å². The molecule has 0 saturated carbocycles. The van der Waals surface area contributed by atoms with Crippen molar-refractivity contribution in [2.24, 2.45) is 0 Å². The summed E-state index contributed by atoms with van der Waals surface area (Å²) in [6.07, 6.45) is 1.71. The molecule has 1 N–H and O–H groups in total. The van der Waals surface area contributed by atoms with Gasteiger partial charge >= 0.3 is 0 Å². The standard InChI is InChI=1S/C11H18N2O3/c1-11(2)8-12-5-10(15-11)7-14-6-9-3-4-13-16-9/h3-4,10,12H,5-8H2,1-2H3. The normalized spacial score (nSPS) is 24.5. The number of hydrogen-bond acceptors (Lipinski definition) is 5. The van der Waals surface area contributed by atoms with Gasteiger partial charge in [0.2, 0.25) is 0 Å². The Morgan fingerprint density at radius 3 is 3.19 bits per heavy atom. The van der Waals surface area contributed by atoms with Gasteiger partial charge in [0.1, 0.15) is 6.61 Å². The van der Waals surface area contributed by atoms with Gasteiger partial charge in [-0.15, -0.1) is 0 Å². The zero-order valence-electron chi connectivity index (χ0n) is 9.73. The first kappa shape index (κ1) is 11.6. The molecule has 16 heavy (non-hydrogen) atoms. The molecule has 1 aromatic rings. The van der Waals surface area contributed by atoms with Crippen molar-refractivity contribution in [2.75, 3.05) is 19.7 Å². The molecule has 5 heteroatoms. The third kappa shape index (κ3) is 3.30. The van der Waals surface area contributed by atoms with E-state index in [4.69, 9.17) is 14.0 Å². The minimum Gasteiger partial charge on any atom is -0.371 e. The van der Waals surface area contributed by atoms with Crippen LogP contribution >= 0.6 is 0 Å². The number of aromatic nitrogens is 1. The van der Waals surface area contributed by atoms with Crippen molar-refractivity contribution >= 4 is 0 Å². The molecule has 0 aromatic carbocycles. The Bertz CT molecular complexity index is 311. The maximum absolute atomic E-state index is 5.86. The van der Waals surface area contributed by atoms with Crippen LogP contribution in [-0.4, -0.2) is 36.6 Å². The van der Waals surface area contributed by atoms with Crippen molar-refractivity contribution in [3.05, 3.63) is 18.0 Å². The SMILES string of the molecule is CC1(C)CNCC(COCc2ccno2)O1. The highest BCUT2D eigenvalue weighted by atomic mass is 16.6. The molecule has 1 aliphatic heterocycles. The minimum absolute atomic E-state index is 0.103. The topological polar surface area (TPSA) is 56.5 Å². The summed E-state index contributed by atoms with van der Waals surface area (Å²) in [5, 5.41) is 6.94. The van der Waals surface area contributed by atoms with E-state index in [0.717, 1.165) is 18.8 Å². The molecule has 1 saturated heterocycles. The third-order valence-electron chi connectivity index (χ3n) is 2.45. The molecule has 0 radical (unpaired) electrons. The van der Waals surface area contributed by atoms with Gasteiger partial charge in [0.15, 0.2) is 5.76 Å². The monoisotopic (exact) mass is 226 g/mol. The van der Waals surface area contributed by atoms with Crippen molar-refractivity contribution in [2.45, 2.75) is 32.2 Å². The summed E-state index contributed by atoms with van der Waals surface area (Å²) in [7, 11) is 0. The predicted molar refractivity (Wildman–Crippen MR) is 58.0 cm³/mol. The molecule has 1 aliphatic rings. The first-order valence-electron chi connectivity index (χ1n) is 5.51. The Morgan fingerprint density at radius 2 is 2.50 bits per heavy atom. The zero-order chi connectivity index (χ0) is 11.4. The summed E-state index contributed by atoms with van der Waals surface area (Å²) in [6.45, 7) is 6.87. The molecule has 1 atom stereocenters. The lowest BCUT2D eigenvalue weighted by Gasteiger charge is -2.36. The van der Waals surface area contributed by atoms with E-state index >= 15 is 0 Å². The van der Waals surface area contributed by atoms with Crippen molar-refractivity contribution in [1.29, 1.82) is 0 Å². The van der Waals surface area contributed by atoms with Crippen molar-refractivity contribution in [3.8, 4) is 0 Å². The van der Waals surface area contributed by atoms with Crippen LogP contribution in [0, 0.1) is 0 Å². The van der Waals surface area contributed by atoms with Crippen molar-refractivity contribution < 1.29 is 14.0 Å². The fourth-order valence-electron chi connectivity index (χ4n) is 1.77. The second kappa shape index (κ2) is 4.95. The summed E-state index contributed by atoms with van der Waals surface area (Å²) >= 11 is 0. The highest BCUT2D eigenvalue weighted by Gasteiger charge is 2.28. The number of ether oxygens (including phenoxy) is 2. The van der Waals surface area contributed by atoms with E-state index in [1.165, 1.54) is 0 Å². The summed E-state index contributed by atoms with van der Waals surface area (Å²) in [5.41, 5.74) is -0.113. The van der Waals surface area contributed by atoms with Gasteiger partial charge in [-0.2, -0.15) is 0 Å². The molecule has 1 fully saturated rings. The van der Waals surface area contributed by atoms with E-state index in [1.807, 2.05) is 0 Å². The molecule has 0 aliphatic carbocycles. The summed E-state index contributed by atoms with van der Waals surface area (Å²) in [5.74, 6) is 0.739. The van der Waals surface area contributed by atoms with Crippen LogP contribution in [0.5, 0.6) is 0 Å². The predicted octanol–water partition coefficient (Wildman–Crippen LogP) is 0.958. The van der Waals surface area contributed by atoms with Gasteiger partial charge in [-0.05, 0) is 13.8 Å². The fourth-order valence-corrected chi connectivity index (χ4v) is 1.77. The Kier molecular flexibility index (Phi) is 3.58. The number of hydrogen-bond donors (Lipinski definition) is 1. The maximum atomic E-state index is 5.86. The van der Waals surface area contributed by atoms with Crippen LogP contribution in [0.1, 0.15) is 19.6 Å². The first-order valence-corrected chi connectivity index (χ1v) is 5.51. The fraction of sp³-hybridized carbons (Fsp3) is 0.727. The van der Waals surface area contributed by atoms with Gasteiger partial charge in [-0.25, -0.2) is 0 Å². The Morgan fingerprint density at radius 1 is 1.62 bits per heavy atom. The lowest BCUT2D eigenvalue weighted by Crippen LogP contribution is -2.51. The van der Waals surface area contributed by atoms with E-state index in [1.54, 1.807) is 12.3 Å². The highest BCUT2D eigenvalue weighted by molar-refractivity contribution is 4.90. The van der Waals surface area contributed by atoms with Crippen LogP contribution in [0.25, 0.3) is 0 Å². The molecule has 2 rings (SSSR count). The Balaban J connectivity index is 1.70. The lowest BCUT2D eigenvalue weighted by molar-refractivity contribution is -0.123. The van der Waals surface area contributed by atoms with Crippen LogP contribution in [0.4, 0.5) is 0 Å². The van der Waals surface area contributed by atoms with Crippen LogP contribution in [0.2, 0.25) is 0 Å². The van der Waals surface area contributed by atoms with Gasteiger partial charge in [0.25, 0.3) is 0 Å². The molecule has 0 amide bonds. The minimum atomic E-state index is -0.113. The average Bonchev–Trinajstić information content (AvgIpc) is 2.69. The second-order valence-electron chi connectivity index (χ2n) is 4.62. The Hall–Kier alpha value is -0.910. The number of nitrogens with zero attached hydrogens (tertiary/aromatic N) is 1. The van der Waals surface area contributed by atoms with Gasteiger partial charge in [0.05, 0.1) is 24.5 Å². The lowest BCUT2D eigenvalue weighted by atomic mass is 10.1. The zero-order valence-corrected chi connectivity index (χ0v) is 9.73. The summed E-state index contributed by atoms with van der Waals surface area (Å²) in [6, 6.07) is 1.80. The van der Waals surface area contributed by atoms with Gasteiger partial charge < -0.3 is 19.3 Å². The van der Waals surface area contributed by atoms with Crippen LogP contribution in [0.3, 0.4) is 0 Å². The third-order valence-corrected chi connectivity index (χ3v) is 2.45. The molecule has 1 aromatic heterocycles. The molecule has 0 bridgehead atoms. The number of nitrogens with one attached hydrogen (secondary N) is 1. The van der Waals surface area contributed by atoms with E-state index in [0.29, 0.717) is 13.2 Å². The molecule has 5 nitrogen and oxygen atoms in total. The molecule has 90 valence electrons. The molecule has 0 spiro atoms. The second-order valence-corrected chi connectivity index (χ2v) is 4.62. The summed E-state index contributed by atoms with van der Waals surface area (Å²) < 4.78 is 16.3. The Labute approximate surface area is 95.1 Å². The smallest absolute Gasteiger partial charge is 0.162 e. The molecular formula is C11H18N2O3. The van der Waals surface area contributed by atoms with Crippen molar-refractivity contribution in [1.82, 2.24) is 10.5 Å². The van der Waals surface area contributed by atoms with E-state index in [2.05, 4.69) is 24.3 Å². The molecule has 2 heterocycles. The molecule has 1 unspecified atom stereocenters. The van der Waals surface area contributed by atoms with E-state index < -0.39 is 0 Å². The van der Waals surface area contributed by atoms with E-state index in [9.17, 15) is 0 Å². The van der Waals surface area contributed by atoms with Gasteiger partial charge in [0, 0.05) is 19.2 Å². The largest absolute Gasteiger partial charge is 0.371 e. The average molecular weight is 226 g/mol. The van der Waals surface area contributed by atoms with Crippen LogP contribution in [0.15, 0.2) is 16.8 Å². The van der Waals surface area contributed by atoms with Gasteiger partial charge in [-0.1, -0.05) is 5.16 Å². The van der Waals surface area contributed by atoms with Gasteiger partial charge in [-0.3, -0.25) is 0 Å². The van der Waals surface area contributed by atoms with E-state index in [-0.39, 0.29) is 11.7 Å². The highest BCUT2D eigenvalue weighted by Crippen LogP contribution is 2.15. The molecular weight excluding hydrogens is 208 g/mol. The maximum Gasteiger partial charge on any atom is 0.162 e.